The third-order valence-electron chi connectivity index (χ3n) is 1.92. The minimum atomic E-state index is -1.70. The van der Waals surface area contributed by atoms with Crippen molar-refractivity contribution in [3.8, 4) is 0 Å². The van der Waals surface area contributed by atoms with E-state index in [0.29, 0.717) is 12.2 Å². The van der Waals surface area contributed by atoms with Crippen LogP contribution in [0.25, 0.3) is 0 Å². The van der Waals surface area contributed by atoms with Crippen LogP contribution in [-0.2, 0) is 11.4 Å². The summed E-state index contributed by atoms with van der Waals surface area (Å²) < 4.78 is 40.2. The molecule has 0 aliphatic heterocycles. The molecule has 2 N–H and O–H groups in total. The van der Waals surface area contributed by atoms with E-state index >= 15 is 0 Å². The number of carbonyl (C=O) groups is 1. The van der Waals surface area contributed by atoms with Crippen LogP contribution in [0.1, 0.15) is 23.7 Å². The van der Waals surface area contributed by atoms with E-state index in [1.165, 1.54) is 0 Å². The van der Waals surface area contributed by atoms with Gasteiger partial charge >= 0.3 is 5.97 Å². The van der Waals surface area contributed by atoms with Gasteiger partial charge in [0.05, 0.1) is 11.4 Å². The normalized spacial score (nSPS) is 12.2. The Hall–Kier alpha value is -1.34. The number of benzene rings is 1. The molecule has 0 aliphatic rings. The van der Waals surface area contributed by atoms with Gasteiger partial charge in [-0.25, -0.2) is 18.3 Å². The van der Waals surface area contributed by atoms with E-state index in [0.717, 1.165) is 12.1 Å². The van der Waals surface area contributed by atoms with E-state index in [4.69, 9.17) is 5.11 Å². The van der Waals surface area contributed by atoms with Gasteiger partial charge in [0.2, 0.25) is 0 Å². The van der Waals surface area contributed by atoms with Gasteiger partial charge in [0.25, 0.3) is 0 Å². The van der Waals surface area contributed by atoms with Crippen LogP contribution in [0.15, 0.2) is 12.1 Å². The lowest BCUT2D eigenvalue weighted by Crippen LogP contribution is -2.18. The third kappa shape index (κ3) is 3.31. The van der Waals surface area contributed by atoms with Crippen LogP contribution in [-0.4, -0.2) is 21.4 Å². The summed E-state index contributed by atoms with van der Waals surface area (Å²) in [5, 5.41) is 8.62. The molecular weight excluding hydrogens is 252 g/mol. The van der Waals surface area contributed by atoms with Crippen molar-refractivity contribution in [1.82, 2.24) is 0 Å². The van der Waals surface area contributed by atoms with Crippen LogP contribution in [0.4, 0.5) is 14.5 Å². The average Bonchev–Trinajstić information content (AvgIpc) is 2.22. The van der Waals surface area contributed by atoms with Crippen molar-refractivity contribution in [2.75, 3.05) is 10.5 Å². The highest BCUT2D eigenvalue weighted by atomic mass is 32.2. The van der Waals surface area contributed by atoms with Crippen molar-refractivity contribution >= 4 is 23.0 Å². The lowest BCUT2D eigenvalue weighted by atomic mass is 10.2. The SMILES string of the molecule is CCC[S+]([O-])Nc1ccc(F)c(C(=O)O)c1F. The topological polar surface area (TPSA) is 72.4 Å². The van der Waals surface area contributed by atoms with Gasteiger partial charge in [0.1, 0.15) is 22.8 Å². The van der Waals surface area contributed by atoms with Gasteiger partial charge in [-0.1, -0.05) is 6.92 Å². The Bertz CT molecular complexity index is 428. The molecule has 0 amide bonds. The number of hydrogen-bond acceptors (Lipinski definition) is 3. The Kier molecular flexibility index (Phi) is 4.71. The minimum Gasteiger partial charge on any atom is -0.593 e. The Balaban J connectivity index is 3.02. The van der Waals surface area contributed by atoms with E-state index in [-0.39, 0.29) is 5.69 Å². The second kappa shape index (κ2) is 5.83. The van der Waals surface area contributed by atoms with Gasteiger partial charge in [0.15, 0.2) is 5.82 Å². The van der Waals surface area contributed by atoms with Crippen LogP contribution in [0.3, 0.4) is 0 Å². The number of hydrogen-bond donors (Lipinski definition) is 2. The largest absolute Gasteiger partial charge is 0.593 e. The van der Waals surface area contributed by atoms with Crippen LogP contribution in [0.2, 0.25) is 0 Å². The summed E-state index contributed by atoms with van der Waals surface area (Å²) in [7, 11) is 0. The summed E-state index contributed by atoms with van der Waals surface area (Å²) in [6, 6.07) is 1.84. The van der Waals surface area contributed by atoms with Crippen molar-refractivity contribution in [1.29, 1.82) is 0 Å². The van der Waals surface area contributed by atoms with Gasteiger partial charge in [-0.15, -0.1) is 0 Å². The Morgan fingerprint density at radius 1 is 1.53 bits per heavy atom. The number of halogens is 2. The molecule has 4 nitrogen and oxygen atoms in total. The zero-order chi connectivity index (χ0) is 13.0. The van der Waals surface area contributed by atoms with Crippen LogP contribution in [0, 0.1) is 11.6 Å². The molecule has 1 aromatic rings. The van der Waals surface area contributed by atoms with E-state index in [1.54, 1.807) is 6.92 Å². The van der Waals surface area contributed by atoms with Gasteiger partial charge in [-0.3, -0.25) is 0 Å². The Labute approximate surface area is 100.0 Å². The van der Waals surface area contributed by atoms with Crippen LogP contribution < -0.4 is 4.72 Å². The van der Waals surface area contributed by atoms with Crippen molar-refractivity contribution in [3.63, 3.8) is 0 Å². The number of nitrogens with one attached hydrogen (secondary N) is 1. The summed E-state index contributed by atoms with van der Waals surface area (Å²) in [6.07, 6.45) is 0.619. The maximum absolute atomic E-state index is 13.6. The lowest BCUT2D eigenvalue weighted by Gasteiger charge is -2.12. The lowest BCUT2D eigenvalue weighted by molar-refractivity contribution is 0.0686. The maximum atomic E-state index is 13.6. The molecule has 0 saturated heterocycles. The first-order valence-corrected chi connectivity index (χ1v) is 6.15. The number of carboxylic acids is 1. The second-order valence-electron chi connectivity index (χ2n) is 3.24. The van der Waals surface area contributed by atoms with Gasteiger partial charge in [0, 0.05) is 0 Å². The molecule has 0 heterocycles. The molecular formula is C10H11F2NO3S. The predicted molar refractivity (Wildman–Crippen MR) is 60.2 cm³/mol. The zero-order valence-electron chi connectivity index (χ0n) is 9.00. The van der Waals surface area contributed by atoms with Crippen molar-refractivity contribution < 1.29 is 23.2 Å². The summed E-state index contributed by atoms with van der Waals surface area (Å²) in [5.74, 6) is -3.83. The molecule has 0 aromatic heterocycles. The Morgan fingerprint density at radius 2 is 2.18 bits per heavy atom. The quantitative estimate of drug-likeness (QED) is 0.798. The first-order chi connectivity index (χ1) is 7.97. The number of carboxylic acid groups (broad SMARTS) is 1. The van der Waals surface area contributed by atoms with Crippen molar-refractivity contribution in [2.45, 2.75) is 13.3 Å². The fourth-order valence-electron chi connectivity index (χ4n) is 1.19. The fraction of sp³-hybridized carbons (Fsp3) is 0.300. The van der Waals surface area contributed by atoms with E-state index in [1.807, 2.05) is 0 Å². The second-order valence-corrected chi connectivity index (χ2v) is 4.54. The molecule has 0 fully saturated rings. The molecule has 1 atom stereocenters. The molecule has 1 rings (SSSR count). The summed E-state index contributed by atoms with van der Waals surface area (Å²) in [6.45, 7) is 1.79. The maximum Gasteiger partial charge on any atom is 0.341 e. The molecule has 0 saturated carbocycles. The molecule has 17 heavy (non-hydrogen) atoms. The number of aromatic carboxylic acids is 1. The first kappa shape index (κ1) is 13.7. The van der Waals surface area contributed by atoms with Gasteiger partial charge in [-0.2, -0.15) is 0 Å². The number of rotatable bonds is 5. The molecule has 0 spiro atoms. The van der Waals surface area contributed by atoms with Gasteiger partial charge in [-0.05, 0) is 18.6 Å². The highest BCUT2D eigenvalue weighted by Crippen LogP contribution is 2.22. The number of anilines is 1. The highest BCUT2D eigenvalue weighted by Gasteiger charge is 2.21. The summed E-state index contributed by atoms with van der Waals surface area (Å²) in [5.41, 5.74) is -1.33. The molecule has 1 aromatic carbocycles. The molecule has 0 bridgehead atoms. The minimum absolute atomic E-state index is 0.282. The molecule has 0 radical (unpaired) electrons. The summed E-state index contributed by atoms with van der Waals surface area (Å²) in [4.78, 5) is 10.6. The highest BCUT2D eigenvalue weighted by molar-refractivity contribution is 7.92. The standard InChI is InChI=1S/C10H11F2NO3S/c1-2-5-17(16)13-7-4-3-6(11)8(9(7)12)10(14)15/h3-4,13H,2,5H2,1H3,(H,14,15). The average molecular weight is 263 g/mol. The van der Waals surface area contributed by atoms with E-state index in [2.05, 4.69) is 4.72 Å². The molecule has 94 valence electrons. The van der Waals surface area contributed by atoms with Crippen LogP contribution >= 0.6 is 0 Å². The third-order valence-corrected chi connectivity index (χ3v) is 3.14. The summed E-state index contributed by atoms with van der Waals surface area (Å²) >= 11 is -1.51. The monoisotopic (exact) mass is 263 g/mol. The van der Waals surface area contributed by atoms with E-state index in [9.17, 15) is 18.1 Å². The van der Waals surface area contributed by atoms with Gasteiger partial charge < -0.3 is 9.66 Å². The smallest absolute Gasteiger partial charge is 0.341 e. The van der Waals surface area contributed by atoms with E-state index < -0.39 is 34.5 Å². The predicted octanol–water partition coefficient (Wildman–Crippen LogP) is 2.15. The first-order valence-electron chi connectivity index (χ1n) is 4.83. The zero-order valence-corrected chi connectivity index (χ0v) is 9.81. The molecule has 0 aliphatic carbocycles. The fourth-order valence-corrected chi connectivity index (χ4v) is 2.06. The van der Waals surface area contributed by atoms with Crippen LogP contribution in [0.5, 0.6) is 0 Å². The molecule has 1 unspecified atom stereocenters. The van der Waals surface area contributed by atoms with Crippen molar-refractivity contribution in [3.05, 3.63) is 29.3 Å². The van der Waals surface area contributed by atoms with Crippen molar-refractivity contribution in [2.24, 2.45) is 0 Å². The molecule has 7 heteroatoms. The Morgan fingerprint density at radius 3 is 2.71 bits per heavy atom.